The molecule has 1 saturated carbocycles. The highest BCUT2D eigenvalue weighted by Crippen LogP contribution is 2.18. The first-order valence-electron chi connectivity index (χ1n) is 4.49. The van der Waals surface area contributed by atoms with E-state index in [4.69, 9.17) is 0 Å². The van der Waals surface area contributed by atoms with E-state index in [9.17, 15) is 0 Å². The van der Waals surface area contributed by atoms with Crippen LogP contribution in [0.25, 0.3) is 0 Å². The van der Waals surface area contributed by atoms with E-state index < -0.39 is 0 Å². The predicted molar refractivity (Wildman–Crippen MR) is 48.8 cm³/mol. The van der Waals surface area contributed by atoms with Crippen LogP contribution in [0.5, 0.6) is 0 Å². The second kappa shape index (κ2) is 3.23. The number of nitrogens with zero attached hydrogens (tertiary/aromatic N) is 1. The van der Waals surface area contributed by atoms with Gasteiger partial charge in [0.25, 0.3) is 0 Å². The molecule has 1 fully saturated rings. The second-order valence-electron chi connectivity index (χ2n) is 3.48. The van der Waals surface area contributed by atoms with E-state index in [-0.39, 0.29) is 0 Å². The zero-order chi connectivity index (χ0) is 8.39. The average Bonchev–Trinajstić information content (AvgIpc) is 2.87. The van der Waals surface area contributed by atoms with Crippen LogP contribution in [0.15, 0.2) is 18.3 Å². The van der Waals surface area contributed by atoms with Crippen LogP contribution in [-0.4, -0.2) is 11.0 Å². The smallest absolute Gasteiger partial charge is 0.0541 e. The van der Waals surface area contributed by atoms with Crippen LogP contribution in [0.2, 0.25) is 0 Å². The van der Waals surface area contributed by atoms with E-state index in [1.165, 1.54) is 18.4 Å². The number of aromatic nitrogens is 1. The summed E-state index contributed by atoms with van der Waals surface area (Å²) < 4.78 is 0. The fourth-order valence-electron chi connectivity index (χ4n) is 1.14. The van der Waals surface area contributed by atoms with E-state index in [0.29, 0.717) is 0 Å². The Morgan fingerprint density at radius 2 is 2.33 bits per heavy atom. The molecule has 0 spiro atoms. The van der Waals surface area contributed by atoms with Crippen molar-refractivity contribution < 1.29 is 0 Å². The van der Waals surface area contributed by atoms with Crippen molar-refractivity contribution in [2.24, 2.45) is 0 Å². The van der Waals surface area contributed by atoms with E-state index >= 15 is 0 Å². The standard InChI is InChI=1S/C10H14N2/c1-8-2-3-10(11-6-8)7-12-9-4-5-9/h2-3,6,9,12H,4-5,7H2,1H3. The molecule has 1 N–H and O–H groups in total. The van der Waals surface area contributed by atoms with Crippen LogP contribution in [0.3, 0.4) is 0 Å². The van der Waals surface area contributed by atoms with Crippen LogP contribution >= 0.6 is 0 Å². The Morgan fingerprint density at radius 3 is 2.92 bits per heavy atom. The zero-order valence-corrected chi connectivity index (χ0v) is 7.38. The first-order valence-corrected chi connectivity index (χ1v) is 4.49. The first-order chi connectivity index (χ1) is 5.84. The van der Waals surface area contributed by atoms with Crippen molar-refractivity contribution in [3.05, 3.63) is 29.6 Å². The van der Waals surface area contributed by atoms with E-state index in [2.05, 4.69) is 29.4 Å². The zero-order valence-electron chi connectivity index (χ0n) is 7.38. The summed E-state index contributed by atoms with van der Waals surface area (Å²) in [4.78, 5) is 4.32. The molecule has 2 nitrogen and oxygen atoms in total. The van der Waals surface area contributed by atoms with Gasteiger partial charge in [0.2, 0.25) is 0 Å². The lowest BCUT2D eigenvalue weighted by molar-refractivity contribution is 0.674. The van der Waals surface area contributed by atoms with Crippen LogP contribution in [0.1, 0.15) is 24.1 Å². The summed E-state index contributed by atoms with van der Waals surface area (Å²) >= 11 is 0. The molecule has 64 valence electrons. The monoisotopic (exact) mass is 162 g/mol. The number of pyridine rings is 1. The highest BCUT2D eigenvalue weighted by atomic mass is 15.0. The lowest BCUT2D eigenvalue weighted by Crippen LogP contribution is -2.15. The van der Waals surface area contributed by atoms with Gasteiger partial charge in [0.1, 0.15) is 0 Å². The predicted octanol–water partition coefficient (Wildman–Crippen LogP) is 1.64. The van der Waals surface area contributed by atoms with Crippen molar-refractivity contribution in [2.45, 2.75) is 32.4 Å². The molecule has 1 aromatic heterocycles. The molecule has 0 bridgehead atoms. The summed E-state index contributed by atoms with van der Waals surface area (Å²) in [5, 5.41) is 3.43. The average molecular weight is 162 g/mol. The van der Waals surface area contributed by atoms with Crippen molar-refractivity contribution in [1.82, 2.24) is 10.3 Å². The molecule has 0 saturated heterocycles. The molecule has 0 aliphatic heterocycles. The second-order valence-corrected chi connectivity index (χ2v) is 3.48. The van der Waals surface area contributed by atoms with Gasteiger partial charge in [-0.25, -0.2) is 0 Å². The summed E-state index contributed by atoms with van der Waals surface area (Å²) in [6.45, 7) is 2.98. The minimum Gasteiger partial charge on any atom is -0.308 e. The first kappa shape index (κ1) is 7.74. The molecule has 1 heterocycles. The van der Waals surface area contributed by atoms with Crippen LogP contribution in [0.4, 0.5) is 0 Å². The van der Waals surface area contributed by atoms with E-state index in [1.807, 2.05) is 6.20 Å². The summed E-state index contributed by atoms with van der Waals surface area (Å²) in [5.41, 5.74) is 2.37. The van der Waals surface area contributed by atoms with Crippen molar-refractivity contribution in [3.63, 3.8) is 0 Å². The van der Waals surface area contributed by atoms with Crippen LogP contribution < -0.4 is 5.32 Å². The lowest BCUT2D eigenvalue weighted by atomic mass is 10.3. The molecular formula is C10H14N2. The van der Waals surface area contributed by atoms with E-state index in [0.717, 1.165) is 18.3 Å². The van der Waals surface area contributed by atoms with Crippen LogP contribution in [-0.2, 0) is 6.54 Å². The number of hydrogen-bond donors (Lipinski definition) is 1. The Bertz CT molecular complexity index is 249. The van der Waals surface area contributed by atoms with Crippen molar-refractivity contribution in [1.29, 1.82) is 0 Å². The maximum Gasteiger partial charge on any atom is 0.0541 e. The third-order valence-electron chi connectivity index (χ3n) is 2.12. The number of nitrogens with one attached hydrogen (secondary N) is 1. The van der Waals surface area contributed by atoms with Gasteiger partial charge >= 0.3 is 0 Å². The largest absolute Gasteiger partial charge is 0.308 e. The van der Waals surface area contributed by atoms with Gasteiger partial charge in [0.15, 0.2) is 0 Å². The molecule has 0 atom stereocenters. The molecule has 2 heteroatoms. The fraction of sp³-hybridized carbons (Fsp3) is 0.500. The van der Waals surface area contributed by atoms with Crippen LogP contribution in [0, 0.1) is 6.92 Å². The SMILES string of the molecule is Cc1ccc(CNC2CC2)nc1. The highest BCUT2D eigenvalue weighted by Gasteiger charge is 2.19. The normalized spacial score (nSPS) is 16.4. The third-order valence-corrected chi connectivity index (χ3v) is 2.12. The molecule has 1 aromatic rings. The van der Waals surface area contributed by atoms with Gasteiger partial charge in [-0.15, -0.1) is 0 Å². The van der Waals surface area contributed by atoms with Crippen molar-refractivity contribution in [3.8, 4) is 0 Å². The van der Waals surface area contributed by atoms with Gasteiger partial charge in [-0.3, -0.25) is 4.98 Å². The Balaban J connectivity index is 1.89. The minimum atomic E-state index is 0.771. The number of aryl methyl sites for hydroxylation is 1. The maximum atomic E-state index is 4.32. The maximum absolute atomic E-state index is 4.32. The number of rotatable bonds is 3. The molecule has 0 amide bonds. The lowest BCUT2D eigenvalue weighted by Gasteiger charge is -2.01. The van der Waals surface area contributed by atoms with E-state index in [1.54, 1.807) is 0 Å². The highest BCUT2D eigenvalue weighted by molar-refractivity contribution is 5.12. The van der Waals surface area contributed by atoms with Gasteiger partial charge in [-0.05, 0) is 31.4 Å². The van der Waals surface area contributed by atoms with Crippen molar-refractivity contribution >= 4 is 0 Å². The third kappa shape index (κ3) is 2.05. The fourth-order valence-corrected chi connectivity index (χ4v) is 1.14. The summed E-state index contributed by atoms with van der Waals surface area (Å²) in [6, 6.07) is 4.97. The molecule has 0 unspecified atom stereocenters. The molecular weight excluding hydrogens is 148 g/mol. The molecule has 12 heavy (non-hydrogen) atoms. The molecule has 0 radical (unpaired) electrons. The van der Waals surface area contributed by atoms with Gasteiger partial charge < -0.3 is 5.32 Å². The van der Waals surface area contributed by atoms with Gasteiger partial charge in [0.05, 0.1) is 5.69 Å². The van der Waals surface area contributed by atoms with Crippen molar-refractivity contribution in [2.75, 3.05) is 0 Å². The van der Waals surface area contributed by atoms with Gasteiger partial charge in [0, 0.05) is 18.8 Å². The Kier molecular flexibility index (Phi) is 2.09. The molecule has 0 aromatic carbocycles. The summed E-state index contributed by atoms with van der Waals surface area (Å²) in [5.74, 6) is 0. The molecule has 2 rings (SSSR count). The minimum absolute atomic E-state index is 0.771. The topological polar surface area (TPSA) is 24.9 Å². The molecule has 1 aliphatic carbocycles. The van der Waals surface area contributed by atoms with Gasteiger partial charge in [-0.1, -0.05) is 6.07 Å². The Hall–Kier alpha value is -0.890. The van der Waals surface area contributed by atoms with Gasteiger partial charge in [-0.2, -0.15) is 0 Å². The molecule has 1 aliphatic rings. The number of hydrogen-bond acceptors (Lipinski definition) is 2. The Morgan fingerprint density at radius 1 is 1.50 bits per heavy atom. The summed E-state index contributed by atoms with van der Waals surface area (Å²) in [6.07, 6.45) is 4.60. The Labute approximate surface area is 73.0 Å². The quantitative estimate of drug-likeness (QED) is 0.731. The summed E-state index contributed by atoms with van der Waals surface area (Å²) in [7, 11) is 0.